The van der Waals surface area contributed by atoms with E-state index in [0.717, 1.165) is 51.4 Å². The van der Waals surface area contributed by atoms with Gasteiger partial charge in [-0.2, -0.15) is 13.2 Å². The van der Waals surface area contributed by atoms with Crippen LogP contribution in [0.3, 0.4) is 0 Å². The van der Waals surface area contributed by atoms with E-state index in [1.54, 1.807) is 11.8 Å². The second-order valence-electron chi connectivity index (χ2n) is 31.4. The molecule has 0 radical (unpaired) electrons. The van der Waals surface area contributed by atoms with Crippen molar-refractivity contribution in [3.8, 4) is 12.3 Å². The number of amides is 12. The number of carbonyl (C=O) groups excluding carboxylic acids is 12. The summed E-state index contributed by atoms with van der Waals surface area (Å²) in [5.74, 6) is -7.91. The van der Waals surface area contributed by atoms with E-state index in [9.17, 15) is 37.1 Å². The third kappa shape index (κ3) is 19.8. The van der Waals surface area contributed by atoms with Crippen LogP contribution in [-0.2, 0) is 57.5 Å². The molecule has 4 heterocycles. The van der Waals surface area contributed by atoms with E-state index in [-0.39, 0.29) is 102 Å². The number of hydrogen-bond donors (Lipinski definition) is 3. The zero-order valence-corrected chi connectivity index (χ0v) is 65.6. The topological polar surface area (TPSA) is 270 Å². The lowest BCUT2D eigenvalue weighted by atomic mass is 9.78. The number of nitrogens with zero attached hydrogens (tertiary/aromatic N) is 9. The summed E-state index contributed by atoms with van der Waals surface area (Å²) in [5, 5.41) is 7.64. The van der Waals surface area contributed by atoms with E-state index in [2.05, 4.69) is 44.5 Å². The molecule has 12 amide bonds. The van der Waals surface area contributed by atoms with Gasteiger partial charge in [0.15, 0.2) is 0 Å². The monoisotopic (exact) mass is 1590 g/mol. The third-order valence-corrected chi connectivity index (χ3v) is 26.4. The highest BCUT2D eigenvalue weighted by Crippen LogP contribution is 2.44. The van der Waals surface area contributed by atoms with Crippen LogP contribution in [0.4, 0.5) is 13.2 Å². The molecule has 0 aromatic rings. The summed E-state index contributed by atoms with van der Waals surface area (Å²) < 4.78 is 42.6. The van der Waals surface area contributed by atoms with Crippen molar-refractivity contribution in [2.75, 3.05) is 75.0 Å². The molecule has 4 saturated carbocycles. The Bertz CT molecular complexity index is 3140. The molecular weight excluding hydrogens is 1480 g/mol. The van der Waals surface area contributed by atoms with Gasteiger partial charge in [-0.15, -0.1) is 23.9 Å². The summed E-state index contributed by atoms with van der Waals surface area (Å²) in [6.45, 7) is 5.46. The number of hydrogen-bond acceptors (Lipinski definition) is 12. The lowest BCUT2D eigenvalue weighted by Crippen LogP contribution is -2.65. The first-order valence-electron chi connectivity index (χ1n) is 38.4. The van der Waals surface area contributed by atoms with E-state index in [0.29, 0.717) is 68.4 Å². The van der Waals surface area contributed by atoms with Gasteiger partial charge in [0, 0.05) is 84.2 Å². The normalized spacial score (nSPS) is 32.4. The number of halogens is 5. The first kappa shape index (κ1) is 83.6. The zero-order valence-electron chi connectivity index (χ0n) is 62.7. The van der Waals surface area contributed by atoms with Crippen LogP contribution >= 0.6 is 34.2 Å². The minimum Gasteiger partial charge on any atom is -0.343 e. The largest absolute Gasteiger partial charge is 0.393 e. The molecule has 3 N–H and O–H groups in total. The first-order chi connectivity index (χ1) is 49.2. The summed E-state index contributed by atoms with van der Waals surface area (Å²) in [4.78, 5) is 194. The number of carbonyl (C=O) groups is 12. The molecule has 8 fully saturated rings. The number of alkyl halides is 5. The SMILES string of the molecule is C#CCC[C@H]1C(=O)N[C@@H]([C@@H](C)CC)C(=O)N(C)[C@@H](C)C(=O)N2CC[C@H]2C(=O)N(C)[C@@H](CC2CCC(I)CC2)C(=O)N(C)CC(=O)NC(CCC2CCC(C(F)(F)F)C(Cl)C2)C(=O)N2CCC[C@H]2C(=O)NC2(CCCC2)C(=O)N(C)[C@@H](C2CCCCC2)C(=O)N(C)[C@H](C(=O)N2CCCCC2)CC(=O)N1C. The van der Waals surface area contributed by atoms with Crippen LogP contribution in [0.15, 0.2) is 0 Å². The van der Waals surface area contributed by atoms with Gasteiger partial charge in [0.1, 0.15) is 59.9 Å². The minimum absolute atomic E-state index is 0.000859. The molecule has 4 saturated heterocycles. The van der Waals surface area contributed by atoms with Crippen molar-refractivity contribution in [2.45, 2.75) is 282 Å². The van der Waals surface area contributed by atoms with Gasteiger partial charge in [0.2, 0.25) is 70.9 Å². The fourth-order valence-corrected chi connectivity index (χ4v) is 18.7. The highest BCUT2D eigenvalue weighted by atomic mass is 127. The van der Waals surface area contributed by atoms with Crippen molar-refractivity contribution < 1.29 is 70.7 Å². The predicted octanol–water partition coefficient (Wildman–Crippen LogP) is 6.80. The smallest absolute Gasteiger partial charge is 0.343 e. The van der Waals surface area contributed by atoms with Crippen molar-refractivity contribution in [2.24, 2.45) is 29.6 Å². The van der Waals surface area contributed by atoms with Crippen molar-refractivity contribution >= 4 is 105 Å². The standard InChI is InChI=1S/C75H115ClF3IN12O12/c1-11-13-25-55-64(95)82-62(46(3)12-2)71(102)85(6)47(4)66(97)92-41-35-57(92)69(100)87(8)58(43-49-27-31-51(80)32-28-49)68(99)84(5)45-60(93)81-54(34-30-48-29-33-52(53(76)42-48)75(77,78)79)67(98)91-40-22-26-56(91)65(96)83-74(36-18-19-37-74)73(104)89(10)63(50-23-16-14-17-24-50)72(103)88(9)59(44-61(94)86(55)7)70(101)90-38-20-15-21-39-90/h1,46-59,62-63H,12-45H2,2-10H3,(H,81,93)(H,82,95)(H,83,96)/t46-,47-,48?,49?,51?,52?,53?,54?,55-,56-,57-,58-,59-,62-,63-/m0/s1. The van der Waals surface area contributed by atoms with Crippen molar-refractivity contribution in [1.82, 2.24) is 60.0 Å². The average molecular weight is 1600 g/mol. The number of likely N-dealkylation sites (N-methyl/N-ethyl adjacent to an activating group) is 6. The molecule has 24 nitrogen and oxygen atoms in total. The van der Waals surface area contributed by atoms with Crippen LogP contribution in [0.5, 0.6) is 0 Å². The Morgan fingerprint density at radius 3 is 1.88 bits per heavy atom. The van der Waals surface area contributed by atoms with Crippen LogP contribution < -0.4 is 16.0 Å². The third-order valence-electron chi connectivity index (χ3n) is 24.7. The molecule has 0 bridgehead atoms. The van der Waals surface area contributed by atoms with E-state index in [1.807, 2.05) is 6.92 Å². The van der Waals surface area contributed by atoms with Crippen molar-refractivity contribution in [1.29, 1.82) is 0 Å². The summed E-state index contributed by atoms with van der Waals surface area (Å²) in [7, 11) is 8.72. The highest BCUT2D eigenvalue weighted by molar-refractivity contribution is 14.1. The maximum atomic E-state index is 15.9. The number of fused-ring (bicyclic) bond motifs is 2. The Kier molecular flexibility index (Phi) is 29.9. The second kappa shape index (κ2) is 37.2. The van der Waals surface area contributed by atoms with Gasteiger partial charge in [-0.1, -0.05) is 75.0 Å². The molecule has 13 atom stereocenters. The van der Waals surface area contributed by atoms with Crippen molar-refractivity contribution in [3.05, 3.63) is 0 Å². The van der Waals surface area contributed by atoms with Gasteiger partial charge >= 0.3 is 6.18 Å². The number of likely N-dealkylation sites (tertiary alicyclic amines) is 1. The van der Waals surface area contributed by atoms with Gasteiger partial charge in [0.05, 0.1) is 18.9 Å². The van der Waals surface area contributed by atoms with Crippen LogP contribution in [0.1, 0.15) is 207 Å². The Hall–Kier alpha value is -5.99. The number of nitrogens with one attached hydrogen (secondary N) is 3. The molecule has 0 aromatic carbocycles. The average Bonchev–Trinajstić information content (AvgIpc) is 1.29. The van der Waals surface area contributed by atoms with Crippen LogP contribution in [0.25, 0.3) is 0 Å². The molecular formula is C75H115ClF3IN12O12. The number of terminal acetylenes is 1. The van der Waals surface area contributed by atoms with Gasteiger partial charge in [-0.3, -0.25) is 57.5 Å². The van der Waals surface area contributed by atoms with Gasteiger partial charge in [-0.25, -0.2) is 0 Å². The predicted molar refractivity (Wildman–Crippen MR) is 393 cm³/mol. The van der Waals surface area contributed by atoms with Crippen LogP contribution in [0, 0.1) is 41.9 Å². The van der Waals surface area contributed by atoms with E-state index < -0.39 is 173 Å². The molecule has 104 heavy (non-hydrogen) atoms. The number of piperidine rings is 1. The maximum absolute atomic E-state index is 15.9. The summed E-state index contributed by atoms with van der Waals surface area (Å²) in [6, 6.07) is -11.0. The molecule has 8 aliphatic rings. The molecule has 4 unspecified atom stereocenters. The van der Waals surface area contributed by atoms with Gasteiger partial charge < -0.3 is 60.0 Å². The van der Waals surface area contributed by atoms with Crippen LogP contribution in [0.2, 0.25) is 0 Å². The Labute approximate surface area is 631 Å². The second-order valence-corrected chi connectivity index (χ2v) is 33.8. The molecule has 582 valence electrons. The summed E-state index contributed by atoms with van der Waals surface area (Å²) >= 11 is 8.84. The highest BCUT2D eigenvalue weighted by Gasteiger charge is 2.53. The fraction of sp³-hybridized carbons (Fsp3) is 0.813. The molecule has 0 aromatic heterocycles. The molecule has 8 rings (SSSR count). The first-order valence-corrected chi connectivity index (χ1v) is 40.1. The molecule has 4 aliphatic carbocycles. The zero-order chi connectivity index (χ0) is 76.2. The van der Waals surface area contributed by atoms with Gasteiger partial charge in [-0.05, 0) is 165 Å². The summed E-state index contributed by atoms with van der Waals surface area (Å²) in [6.07, 6.45) is 12.5. The minimum atomic E-state index is -4.51. The van der Waals surface area contributed by atoms with Crippen molar-refractivity contribution in [3.63, 3.8) is 0 Å². The molecule has 1 spiro atoms. The van der Waals surface area contributed by atoms with Crippen LogP contribution in [-0.4, -0.2) is 265 Å². The van der Waals surface area contributed by atoms with E-state index >= 15 is 33.6 Å². The Morgan fingerprint density at radius 2 is 1.27 bits per heavy atom. The Morgan fingerprint density at radius 1 is 0.635 bits per heavy atom. The van der Waals surface area contributed by atoms with E-state index in [4.69, 9.17) is 18.0 Å². The lowest BCUT2D eigenvalue weighted by Gasteiger charge is -2.45. The number of rotatable bonds is 11. The maximum Gasteiger partial charge on any atom is 0.393 e. The van der Waals surface area contributed by atoms with Gasteiger partial charge in [0.25, 0.3) is 0 Å². The lowest BCUT2D eigenvalue weighted by molar-refractivity contribution is -0.182. The molecule has 29 heteroatoms. The fourth-order valence-electron chi connectivity index (χ4n) is 17.5. The Balaban J connectivity index is 1.17. The summed E-state index contributed by atoms with van der Waals surface area (Å²) in [5.41, 5.74) is -1.56. The van der Waals surface area contributed by atoms with E-state index in [1.165, 1.54) is 88.4 Å². The quantitative estimate of drug-likeness (QED) is 0.110. The molecule has 4 aliphatic heterocycles.